The first kappa shape index (κ1) is 26.6. The predicted molar refractivity (Wildman–Crippen MR) is 150 cm³/mol. The SMILES string of the molecule is O=C1Cc2ccc(F)c(c2)Oc2ccc3c(c2)CCN(C(=O)CCc2cn[nH]c2)C3c2cccc(c2)OCCCN1. The molecule has 7 rings (SSSR count). The average Bonchev–Trinajstić information content (AvgIpc) is 3.50. The molecule has 41 heavy (non-hydrogen) atoms. The van der Waals surface area contributed by atoms with Crippen LogP contribution in [0, 0.1) is 5.82 Å². The summed E-state index contributed by atoms with van der Waals surface area (Å²) >= 11 is 0. The van der Waals surface area contributed by atoms with Gasteiger partial charge in [-0.15, -0.1) is 0 Å². The maximum atomic E-state index is 14.7. The lowest BCUT2D eigenvalue weighted by atomic mass is 9.87. The molecule has 4 aromatic rings. The van der Waals surface area contributed by atoms with Gasteiger partial charge in [0.1, 0.15) is 11.5 Å². The molecule has 1 atom stereocenters. The van der Waals surface area contributed by atoms with Crippen LogP contribution in [0.2, 0.25) is 0 Å². The van der Waals surface area contributed by atoms with Gasteiger partial charge in [0, 0.05) is 25.7 Å². The van der Waals surface area contributed by atoms with Crippen molar-refractivity contribution in [3.63, 3.8) is 0 Å². The topological polar surface area (TPSA) is 96.5 Å². The van der Waals surface area contributed by atoms with Gasteiger partial charge in [0.15, 0.2) is 11.6 Å². The van der Waals surface area contributed by atoms with Crippen molar-refractivity contribution >= 4 is 11.8 Å². The molecule has 0 fully saturated rings. The second kappa shape index (κ2) is 11.8. The summed E-state index contributed by atoms with van der Waals surface area (Å²) in [5.41, 5.74) is 4.62. The fraction of sp³-hybridized carbons (Fsp3) is 0.281. The summed E-state index contributed by atoms with van der Waals surface area (Å²) in [6, 6.07) is 17.7. The van der Waals surface area contributed by atoms with Crippen molar-refractivity contribution in [2.45, 2.75) is 38.1 Å². The molecule has 3 aliphatic heterocycles. The highest BCUT2D eigenvalue weighted by atomic mass is 19.1. The van der Waals surface area contributed by atoms with Crippen molar-refractivity contribution in [3.05, 3.63) is 107 Å². The lowest BCUT2D eigenvalue weighted by Gasteiger charge is -2.38. The van der Waals surface area contributed by atoms with Crippen molar-refractivity contribution in [2.24, 2.45) is 0 Å². The minimum atomic E-state index is -0.501. The van der Waals surface area contributed by atoms with Gasteiger partial charge in [-0.25, -0.2) is 4.39 Å². The van der Waals surface area contributed by atoms with E-state index in [2.05, 4.69) is 15.5 Å². The molecule has 8 bridgehead atoms. The summed E-state index contributed by atoms with van der Waals surface area (Å²) in [6.45, 7) is 1.42. The molecule has 4 heterocycles. The highest BCUT2D eigenvalue weighted by Gasteiger charge is 2.32. The summed E-state index contributed by atoms with van der Waals surface area (Å²) in [4.78, 5) is 28.0. The standard InChI is InChI=1S/C32H31FN4O4/c33-28-9-5-21-15-29(28)41-26-7-8-27-23(17-26)11-13-37(31(39)10-6-22-19-35-36-20-22)32(27)24-3-1-4-25(18-24)40-14-2-12-34-30(38)16-21/h1,3-5,7-9,15,17-20,32H,2,6,10-14,16H2,(H,34,38)(H,35,36). The van der Waals surface area contributed by atoms with E-state index in [0.717, 1.165) is 22.3 Å². The van der Waals surface area contributed by atoms with E-state index in [1.54, 1.807) is 24.4 Å². The Labute approximate surface area is 237 Å². The van der Waals surface area contributed by atoms with Crippen LogP contribution in [0.15, 0.2) is 73.1 Å². The van der Waals surface area contributed by atoms with Crippen molar-refractivity contribution in [2.75, 3.05) is 19.7 Å². The number of fused-ring (bicyclic) bond motifs is 7. The molecule has 2 N–H and O–H groups in total. The Hall–Kier alpha value is -4.66. The third kappa shape index (κ3) is 6.09. The van der Waals surface area contributed by atoms with E-state index in [1.165, 1.54) is 6.07 Å². The molecule has 3 aliphatic rings. The molecule has 0 spiro atoms. The summed E-state index contributed by atoms with van der Waals surface area (Å²) in [5, 5.41) is 9.68. The highest BCUT2D eigenvalue weighted by Crippen LogP contribution is 2.39. The fourth-order valence-corrected chi connectivity index (χ4v) is 5.48. The van der Waals surface area contributed by atoms with E-state index in [9.17, 15) is 14.0 Å². The van der Waals surface area contributed by atoms with E-state index in [-0.39, 0.29) is 30.0 Å². The Morgan fingerprint density at radius 1 is 1.10 bits per heavy atom. The quantitative estimate of drug-likeness (QED) is 0.376. The Balaban J connectivity index is 1.36. The zero-order chi connectivity index (χ0) is 28.2. The number of aryl methyl sites for hydroxylation is 1. The molecule has 9 heteroatoms. The second-order valence-electron chi connectivity index (χ2n) is 10.4. The number of amides is 2. The Kier molecular flexibility index (Phi) is 7.67. The van der Waals surface area contributed by atoms with Gasteiger partial charge in [-0.1, -0.05) is 24.3 Å². The number of aromatic amines is 1. The number of carbonyl (C=O) groups excluding carboxylic acids is 2. The van der Waals surface area contributed by atoms with Crippen LogP contribution in [0.1, 0.15) is 46.7 Å². The number of H-pyrrole nitrogens is 1. The van der Waals surface area contributed by atoms with E-state index >= 15 is 0 Å². The third-order valence-corrected chi connectivity index (χ3v) is 7.52. The van der Waals surface area contributed by atoms with Gasteiger partial charge in [-0.3, -0.25) is 14.7 Å². The monoisotopic (exact) mass is 554 g/mol. The summed E-state index contributed by atoms with van der Waals surface area (Å²) in [6.07, 6.45) is 5.90. The normalized spacial score (nSPS) is 17.0. The Morgan fingerprint density at radius 3 is 2.90 bits per heavy atom. The van der Waals surface area contributed by atoms with Crippen molar-refractivity contribution in [3.8, 4) is 17.2 Å². The fourth-order valence-electron chi connectivity index (χ4n) is 5.48. The molecule has 3 aromatic carbocycles. The van der Waals surface area contributed by atoms with Crippen LogP contribution in [-0.4, -0.2) is 46.6 Å². The smallest absolute Gasteiger partial charge is 0.224 e. The first-order valence-electron chi connectivity index (χ1n) is 13.9. The van der Waals surface area contributed by atoms with Crippen LogP contribution in [0.5, 0.6) is 17.2 Å². The number of carbonyl (C=O) groups is 2. The summed E-state index contributed by atoms with van der Waals surface area (Å²) < 4.78 is 26.7. The molecule has 1 unspecified atom stereocenters. The van der Waals surface area contributed by atoms with Gasteiger partial charge in [-0.2, -0.15) is 5.10 Å². The zero-order valence-corrected chi connectivity index (χ0v) is 22.6. The Bertz CT molecular complexity index is 1560. The van der Waals surface area contributed by atoms with E-state index in [4.69, 9.17) is 9.47 Å². The molecule has 210 valence electrons. The predicted octanol–water partition coefficient (Wildman–Crippen LogP) is 4.89. The number of hydrogen-bond acceptors (Lipinski definition) is 5. The largest absolute Gasteiger partial charge is 0.494 e. The number of nitrogens with zero attached hydrogens (tertiary/aromatic N) is 2. The maximum absolute atomic E-state index is 14.7. The van der Waals surface area contributed by atoms with Gasteiger partial charge >= 0.3 is 0 Å². The molecular weight excluding hydrogens is 523 g/mol. The zero-order valence-electron chi connectivity index (χ0n) is 22.6. The highest BCUT2D eigenvalue weighted by molar-refractivity contribution is 5.79. The first-order chi connectivity index (χ1) is 20.0. The van der Waals surface area contributed by atoms with Gasteiger partial charge in [0.05, 0.1) is 25.3 Å². The van der Waals surface area contributed by atoms with Gasteiger partial charge in [-0.05, 0) is 83.5 Å². The third-order valence-electron chi connectivity index (χ3n) is 7.52. The number of hydrogen-bond donors (Lipinski definition) is 2. The molecular formula is C32H31FN4O4. The van der Waals surface area contributed by atoms with Crippen LogP contribution >= 0.6 is 0 Å². The van der Waals surface area contributed by atoms with Crippen LogP contribution < -0.4 is 14.8 Å². The number of nitrogens with one attached hydrogen (secondary N) is 2. The number of aromatic nitrogens is 2. The Morgan fingerprint density at radius 2 is 2.02 bits per heavy atom. The molecule has 8 nitrogen and oxygen atoms in total. The number of halogens is 1. The lowest BCUT2D eigenvalue weighted by molar-refractivity contribution is -0.133. The van der Waals surface area contributed by atoms with Crippen LogP contribution in [0.3, 0.4) is 0 Å². The number of rotatable bonds is 3. The molecule has 1 aromatic heterocycles. The minimum Gasteiger partial charge on any atom is -0.494 e. The molecule has 0 saturated carbocycles. The molecule has 0 radical (unpaired) electrons. The molecule has 0 saturated heterocycles. The van der Waals surface area contributed by atoms with Crippen molar-refractivity contribution < 1.29 is 23.5 Å². The van der Waals surface area contributed by atoms with E-state index in [0.29, 0.717) is 62.4 Å². The number of benzene rings is 3. The second-order valence-corrected chi connectivity index (χ2v) is 10.4. The maximum Gasteiger partial charge on any atom is 0.224 e. The van der Waals surface area contributed by atoms with Crippen LogP contribution in [0.25, 0.3) is 0 Å². The van der Waals surface area contributed by atoms with Crippen molar-refractivity contribution in [1.82, 2.24) is 20.4 Å². The lowest BCUT2D eigenvalue weighted by Crippen LogP contribution is -2.40. The van der Waals surface area contributed by atoms with Gasteiger partial charge in [0.25, 0.3) is 0 Å². The first-order valence-corrected chi connectivity index (χ1v) is 13.9. The molecule has 2 amide bonds. The summed E-state index contributed by atoms with van der Waals surface area (Å²) in [5.74, 6) is 0.674. The van der Waals surface area contributed by atoms with E-state index in [1.807, 2.05) is 47.5 Å². The summed E-state index contributed by atoms with van der Waals surface area (Å²) in [7, 11) is 0. The minimum absolute atomic E-state index is 0.0570. The van der Waals surface area contributed by atoms with Gasteiger partial charge in [0.2, 0.25) is 11.8 Å². The van der Waals surface area contributed by atoms with Crippen LogP contribution in [0.4, 0.5) is 4.39 Å². The van der Waals surface area contributed by atoms with Gasteiger partial charge < -0.3 is 19.7 Å². The average molecular weight is 555 g/mol. The van der Waals surface area contributed by atoms with E-state index < -0.39 is 5.82 Å². The van der Waals surface area contributed by atoms with Crippen molar-refractivity contribution in [1.29, 1.82) is 0 Å². The van der Waals surface area contributed by atoms with Crippen LogP contribution in [-0.2, 0) is 28.9 Å². The molecule has 0 aliphatic carbocycles. The number of ether oxygens (including phenoxy) is 2.